The monoisotopic (exact) mass is 361 g/mol. The summed E-state index contributed by atoms with van der Waals surface area (Å²) in [7, 11) is 0. The second-order valence-corrected chi connectivity index (χ2v) is 6.54. The fourth-order valence-electron chi connectivity index (χ4n) is 3.40. The van der Waals surface area contributed by atoms with Gasteiger partial charge >= 0.3 is 0 Å². The number of amides is 2. The Morgan fingerprint density at radius 1 is 0.926 bits per heavy atom. The molecule has 27 heavy (non-hydrogen) atoms. The molecule has 0 radical (unpaired) electrons. The number of benzene rings is 2. The van der Waals surface area contributed by atoms with Gasteiger partial charge in [0.25, 0.3) is 11.8 Å². The molecule has 3 aromatic rings. The molecule has 1 aromatic heterocycles. The van der Waals surface area contributed by atoms with Gasteiger partial charge in [-0.1, -0.05) is 6.07 Å². The summed E-state index contributed by atoms with van der Waals surface area (Å²) in [5.41, 5.74) is 5.71. The van der Waals surface area contributed by atoms with Crippen LogP contribution in [0.2, 0.25) is 0 Å². The first-order chi connectivity index (χ1) is 13.2. The van der Waals surface area contributed by atoms with E-state index in [-0.39, 0.29) is 5.91 Å². The minimum atomic E-state index is -0.554. The van der Waals surface area contributed by atoms with Crippen molar-refractivity contribution in [3.05, 3.63) is 89.2 Å². The molecule has 2 amide bonds. The molecule has 1 aliphatic heterocycles. The molecule has 0 fully saturated rings. The lowest BCUT2D eigenvalue weighted by Gasteiger charge is -2.29. The molecule has 0 atom stereocenters. The summed E-state index contributed by atoms with van der Waals surface area (Å²) >= 11 is 0. The van der Waals surface area contributed by atoms with Gasteiger partial charge in [-0.05, 0) is 66.1 Å². The standard InChI is InChI=1S/C21H19N3O3/c25-20(22-27)17-4-3-15-9-12-24(14-18(15)13-17)21(26)16-5-7-19(8-6-16)23-10-1-2-11-23/h1-8,10-11,13,27H,9,12,14H2,(H,22,25). The number of fused-ring (bicyclic) bond motifs is 1. The van der Waals surface area contributed by atoms with Crippen LogP contribution in [0, 0.1) is 0 Å². The van der Waals surface area contributed by atoms with Crippen LogP contribution in [0.1, 0.15) is 31.8 Å². The fraction of sp³-hybridized carbons (Fsp3) is 0.143. The third-order valence-electron chi connectivity index (χ3n) is 4.89. The molecular weight excluding hydrogens is 342 g/mol. The summed E-state index contributed by atoms with van der Waals surface area (Å²) in [6, 6.07) is 16.7. The van der Waals surface area contributed by atoms with Gasteiger partial charge in [0.15, 0.2) is 0 Å². The molecule has 0 spiro atoms. The zero-order chi connectivity index (χ0) is 18.8. The van der Waals surface area contributed by atoms with Crippen LogP contribution in [0.15, 0.2) is 67.0 Å². The average Bonchev–Trinajstić information content (AvgIpc) is 3.27. The number of hydrogen-bond acceptors (Lipinski definition) is 3. The number of carbonyl (C=O) groups excluding carboxylic acids is 2. The molecule has 2 N–H and O–H groups in total. The van der Waals surface area contributed by atoms with Gasteiger partial charge < -0.3 is 9.47 Å². The lowest BCUT2D eigenvalue weighted by atomic mass is 9.96. The molecule has 6 heteroatoms. The van der Waals surface area contributed by atoms with Crippen LogP contribution in [0.3, 0.4) is 0 Å². The van der Waals surface area contributed by atoms with E-state index in [0.29, 0.717) is 24.2 Å². The maximum absolute atomic E-state index is 12.9. The molecule has 0 bridgehead atoms. The van der Waals surface area contributed by atoms with Gasteiger partial charge in [0, 0.05) is 42.3 Å². The summed E-state index contributed by atoms with van der Waals surface area (Å²) in [4.78, 5) is 26.3. The summed E-state index contributed by atoms with van der Waals surface area (Å²) in [6.45, 7) is 1.08. The van der Waals surface area contributed by atoms with E-state index in [4.69, 9.17) is 5.21 Å². The summed E-state index contributed by atoms with van der Waals surface area (Å²) in [5, 5.41) is 8.81. The van der Waals surface area contributed by atoms with E-state index in [1.165, 1.54) is 0 Å². The number of carbonyl (C=O) groups is 2. The quantitative estimate of drug-likeness (QED) is 0.556. The van der Waals surface area contributed by atoms with Gasteiger partial charge in [-0.2, -0.15) is 0 Å². The molecule has 0 unspecified atom stereocenters. The Kier molecular flexibility index (Phi) is 4.48. The molecular formula is C21H19N3O3. The van der Waals surface area contributed by atoms with Crippen LogP contribution < -0.4 is 5.48 Å². The second-order valence-electron chi connectivity index (χ2n) is 6.54. The van der Waals surface area contributed by atoms with E-state index >= 15 is 0 Å². The smallest absolute Gasteiger partial charge is 0.274 e. The normalized spacial score (nSPS) is 13.1. The van der Waals surface area contributed by atoms with Gasteiger partial charge in [0.1, 0.15) is 0 Å². The van der Waals surface area contributed by atoms with Crippen LogP contribution >= 0.6 is 0 Å². The molecule has 2 aromatic carbocycles. The van der Waals surface area contributed by atoms with E-state index in [1.54, 1.807) is 22.5 Å². The zero-order valence-corrected chi connectivity index (χ0v) is 14.6. The largest absolute Gasteiger partial charge is 0.334 e. The molecule has 4 rings (SSSR count). The first-order valence-electron chi connectivity index (χ1n) is 8.74. The number of nitrogens with one attached hydrogen (secondary N) is 1. The number of aromatic nitrogens is 1. The number of hydroxylamine groups is 1. The van der Waals surface area contributed by atoms with Crippen molar-refractivity contribution in [2.45, 2.75) is 13.0 Å². The van der Waals surface area contributed by atoms with Crippen LogP contribution in [-0.2, 0) is 13.0 Å². The zero-order valence-electron chi connectivity index (χ0n) is 14.6. The first kappa shape index (κ1) is 17.1. The van der Waals surface area contributed by atoms with Crippen molar-refractivity contribution >= 4 is 11.8 Å². The minimum absolute atomic E-state index is 0.0308. The minimum Gasteiger partial charge on any atom is -0.334 e. The van der Waals surface area contributed by atoms with Crippen molar-refractivity contribution in [2.24, 2.45) is 0 Å². The van der Waals surface area contributed by atoms with Crippen molar-refractivity contribution in [1.29, 1.82) is 0 Å². The Balaban J connectivity index is 1.53. The van der Waals surface area contributed by atoms with Crippen molar-refractivity contribution in [3.8, 4) is 5.69 Å². The molecule has 0 saturated heterocycles. The highest BCUT2D eigenvalue weighted by molar-refractivity contribution is 5.95. The Hall–Kier alpha value is -3.38. The molecule has 136 valence electrons. The van der Waals surface area contributed by atoms with E-state index in [9.17, 15) is 9.59 Å². The highest BCUT2D eigenvalue weighted by atomic mass is 16.5. The third-order valence-corrected chi connectivity index (χ3v) is 4.89. The van der Waals surface area contributed by atoms with Crippen molar-refractivity contribution < 1.29 is 14.8 Å². The number of hydrogen-bond donors (Lipinski definition) is 2. The lowest BCUT2D eigenvalue weighted by molar-refractivity contribution is 0.0706. The summed E-state index contributed by atoms with van der Waals surface area (Å²) in [6.07, 6.45) is 4.65. The first-order valence-corrected chi connectivity index (χ1v) is 8.74. The van der Waals surface area contributed by atoms with Gasteiger partial charge in [-0.15, -0.1) is 0 Å². The highest BCUT2D eigenvalue weighted by Gasteiger charge is 2.22. The third kappa shape index (κ3) is 3.35. The van der Waals surface area contributed by atoms with E-state index in [0.717, 1.165) is 23.2 Å². The highest BCUT2D eigenvalue weighted by Crippen LogP contribution is 2.22. The van der Waals surface area contributed by atoms with Crippen LogP contribution in [0.4, 0.5) is 0 Å². The number of nitrogens with zero attached hydrogens (tertiary/aromatic N) is 2. The maximum atomic E-state index is 12.9. The van der Waals surface area contributed by atoms with Crippen LogP contribution in [0.25, 0.3) is 5.69 Å². The van der Waals surface area contributed by atoms with E-state index < -0.39 is 5.91 Å². The van der Waals surface area contributed by atoms with E-state index in [2.05, 4.69) is 0 Å². The SMILES string of the molecule is O=C(NO)c1ccc2c(c1)CN(C(=O)c1ccc(-n3cccc3)cc1)CC2. The average molecular weight is 361 g/mol. The number of rotatable bonds is 3. The molecule has 1 aliphatic rings. The summed E-state index contributed by atoms with van der Waals surface area (Å²) < 4.78 is 1.99. The van der Waals surface area contributed by atoms with Crippen molar-refractivity contribution in [3.63, 3.8) is 0 Å². The summed E-state index contributed by atoms with van der Waals surface area (Å²) in [5.74, 6) is -0.585. The van der Waals surface area contributed by atoms with Crippen LogP contribution in [0.5, 0.6) is 0 Å². The Labute approximate surface area is 156 Å². The van der Waals surface area contributed by atoms with Crippen molar-refractivity contribution in [2.75, 3.05) is 6.54 Å². The molecule has 2 heterocycles. The predicted octanol–water partition coefficient (Wildman–Crippen LogP) is 2.79. The Morgan fingerprint density at radius 3 is 2.33 bits per heavy atom. The molecule has 6 nitrogen and oxygen atoms in total. The van der Waals surface area contributed by atoms with Gasteiger partial charge in [-0.25, -0.2) is 5.48 Å². The fourth-order valence-corrected chi connectivity index (χ4v) is 3.40. The predicted molar refractivity (Wildman–Crippen MR) is 99.9 cm³/mol. The van der Waals surface area contributed by atoms with Gasteiger partial charge in [-0.3, -0.25) is 14.8 Å². The van der Waals surface area contributed by atoms with Gasteiger partial charge in [0.05, 0.1) is 0 Å². The molecule has 0 aliphatic carbocycles. The maximum Gasteiger partial charge on any atom is 0.274 e. The second kappa shape index (κ2) is 7.09. The van der Waals surface area contributed by atoms with Gasteiger partial charge in [0.2, 0.25) is 0 Å². The Morgan fingerprint density at radius 2 is 1.63 bits per heavy atom. The Bertz CT molecular complexity index is 978. The van der Waals surface area contributed by atoms with Crippen molar-refractivity contribution in [1.82, 2.24) is 14.9 Å². The lowest BCUT2D eigenvalue weighted by Crippen LogP contribution is -2.36. The molecule has 0 saturated carbocycles. The topological polar surface area (TPSA) is 74.6 Å². The van der Waals surface area contributed by atoms with E-state index in [1.807, 2.05) is 59.4 Å². The van der Waals surface area contributed by atoms with Crippen LogP contribution in [-0.4, -0.2) is 33.0 Å².